The number of carboxylic acids is 1. The van der Waals surface area contributed by atoms with Crippen LogP contribution in [0.1, 0.15) is 78.1 Å². The van der Waals surface area contributed by atoms with Crippen LogP contribution in [0, 0.1) is 46.8 Å². The van der Waals surface area contributed by atoms with Gasteiger partial charge in [0.05, 0.1) is 12.2 Å². The summed E-state index contributed by atoms with van der Waals surface area (Å²) in [6.45, 7) is 4.70. The molecule has 0 heterocycles. The molecule has 0 bridgehead atoms. The van der Waals surface area contributed by atoms with Crippen LogP contribution >= 0.6 is 0 Å². The highest BCUT2D eigenvalue weighted by atomic mass is 16.4. The lowest BCUT2D eigenvalue weighted by atomic mass is 9.46. The average molecular weight is 379 g/mol. The normalized spacial score (nSPS) is 50.4. The minimum atomic E-state index is -0.679. The topological polar surface area (TPSA) is 77.8 Å². The highest BCUT2D eigenvalue weighted by Gasteiger charge is 2.59. The first kappa shape index (κ1) is 19.7. The minimum Gasteiger partial charge on any atom is -0.481 e. The Morgan fingerprint density at radius 1 is 1.07 bits per heavy atom. The van der Waals surface area contributed by atoms with Gasteiger partial charge < -0.3 is 15.3 Å². The van der Waals surface area contributed by atoms with Crippen LogP contribution in [-0.4, -0.2) is 33.5 Å². The van der Waals surface area contributed by atoms with Crippen molar-refractivity contribution in [1.29, 1.82) is 0 Å². The van der Waals surface area contributed by atoms with Gasteiger partial charge in [0.15, 0.2) is 0 Å². The Morgan fingerprint density at radius 2 is 1.81 bits per heavy atom. The number of aliphatic hydroxyl groups excluding tert-OH is 2. The lowest BCUT2D eigenvalue weighted by Gasteiger charge is -2.60. The van der Waals surface area contributed by atoms with Crippen molar-refractivity contribution in [1.82, 2.24) is 0 Å². The van der Waals surface area contributed by atoms with Gasteiger partial charge in [-0.1, -0.05) is 13.8 Å². The Bertz CT molecular complexity index is 563. The number of fused-ring (bicyclic) bond motifs is 5. The molecule has 0 aromatic carbocycles. The molecule has 4 rings (SSSR count). The van der Waals surface area contributed by atoms with Crippen molar-refractivity contribution in [2.45, 2.75) is 90.3 Å². The van der Waals surface area contributed by atoms with E-state index < -0.39 is 5.97 Å². The zero-order valence-electron chi connectivity index (χ0n) is 17.0. The number of carbonyl (C=O) groups is 1. The molecule has 27 heavy (non-hydrogen) atoms. The number of carboxylic acid groups (broad SMARTS) is 1. The number of aliphatic carboxylic acids is 1. The third-order valence-corrected chi connectivity index (χ3v) is 9.57. The van der Waals surface area contributed by atoms with E-state index in [-0.39, 0.29) is 18.6 Å². The summed E-state index contributed by atoms with van der Waals surface area (Å²) in [6, 6.07) is 0. The molecule has 0 spiro atoms. The maximum Gasteiger partial charge on any atom is 0.303 e. The summed E-state index contributed by atoms with van der Waals surface area (Å²) in [7, 11) is 0. The van der Waals surface area contributed by atoms with Gasteiger partial charge in [-0.2, -0.15) is 0 Å². The van der Waals surface area contributed by atoms with Crippen molar-refractivity contribution in [3.05, 3.63) is 0 Å². The molecule has 154 valence electrons. The second kappa shape index (κ2) is 7.33. The first-order valence-corrected chi connectivity index (χ1v) is 11.4. The van der Waals surface area contributed by atoms with Gasteiger partial charge in [-0.25, -0.2) is 0 Å². The van der Waals surface area contributed by atoms with Gasteiger partial charge in [0.1, 0.15) is 0 Å². The predicted octanol–water partition coefficient (Wildman–Crippen LogP) is 4.09. The Morgan fingerprint density at radius 3 is 2.56 bits per heavy atom. The molecule has 0 unspecified atom stereocenters. The summed E-state index contributed by atoms with van der Waals surface area (Å²) in [5.74, 6) is 3.24. The van der Waals surface area contributed by atoms with Crippen molar-refractivity contribution >= 4 is 5.97 Å². The molecule has 0 amide bonds. The monoisotopic (exact) mass is 378 g/mol. The zero-order chi connectivity index (χ0) is 19.3. The standard InChI is InChI=1S/C23H38O4/c1-13(3-8-21(26)27)16-4-5-18-17(16)6-7-19-22(18)20(25)12-14-11-15(24)9-10-23(14,19)2/h13-20,22,24-25H,3-12H2,1-2H3,(H,26,27)/t13-,14-,15+,16+,17+,18+,19+,20+,22+,23-/m0/s1. The maximum atomic E-state index is 11.1. The van der Waals surface area contributed by atoms with Gasteiger partial charge in [0, 0.05) is 6.42 Å². The summed E-state index contributed by atoms with van der Waals surface area (Å²) in [4.78, 5) is 11.0. The van der Waals surface area contributed by atoms with E-state index in [1.165, 1.54) is 25.7 Å². The molecular weight excluding hydrogens is 340 g/mol. The fourth-order valence-corrected chi connectivity index (χ4v) is 8.19. The van der Waals surface area contributed by atoms with Crippen molar-refractivity contribution in [3.8, 4) is 0 Å². The summed E-state index contributed by atoms with van der Waals surface area (Å²) in [6.07, 6.45) is 9.38. The Kier molecular flexibility index (Phi) is 5.35. The summed E-state index contributed by atoms with van der Waals surface area (Å²) in [5.41, 5.74) is 0.293. The Balaban J connectivity index is 1.50. The molecule has 3 N–H and O–H groups in total. The van der Waals surface area contributed by atoms with Gasteiger partial charge in [-0.3, -0.25) is 4.79 Å². The fourth-order valence-electron chi connectivity index (χ4n) is 8.19. The molecule has 4 fully saturated rings. The van der Waals surface area contributed by atoms with E-state index >= 15 is 0 Å². The Hall–Kier alpha value is -0.610. The van der Waals surface area contributed by atoms with Gasteiger partial charge >= 0.3 is 5.97 Å². The highest BCUT2D eigenvalue weighted by molar-refractivity contribution is 5.66. The number of rotatable bonds is 4. The van der Waals surface area contributed by atoms with E-state index in [1.54, 1.807) is 0 Å². The molecule has 0 aliphatic heterocycles. The first-order valence-electron chi connectivity index (χ1n) is 11.4. The quantitative estimate of drug-likeness (QED) is 0.688. The second-order valence-electron chi connectivity index (χ2n) is 10.7. The van der Waals surface area contributed by atoms with E-state index in [0.29, 0.717) is 46.8 Å². The van der Waals surface area contributed by atoms with Crippen LogP contribution in [0.3, 0.4) is 0 Å². The van der Waals surface area contributed by atoms with Crippen LogP contribution in [0.15, 0.2) is 0 Å². The lowest BCUT2D eigenvalue weighted by molar-refractivity contribution is -0.158. The molecule has 4 aliphatic rings. The molecule has 0 saturated heterocycles. The summed E-state index contributed by atoms with van der Waals surface area (Å²) < 4.78 is 0. The number of hydrogen-bond acceptors (Lipinski definition) is 3. The van der Waals surface area contributed by atoms with Crippen molar-refractivity contribution in [3.63, 3.8) is 0 Å². The SMILES string of the molecule is C[C@@H](CCC(=O)O)[C@H]1CC[C@@H]2[C@@H]1CC[C@@H]1[C@@H]2[C@H](O)C[C@@H]2C[C@H](O)CC[C@@]21C. The third-order valence-electron chi connectivity index (χ3n) is 9.57. The lowest BCUT2D eigenvalue weighted by Crippen LogP contribution is -2.56. The van der Waals surface area contributed by atoms with Crippen LogP contribution in [-0.2, 0) is 4.79 Å². The van der Waals surface area contributed by atoms with Crippen LogP contribution in [0.25, 0.3) is 0 Å². The van der Waals surface area contributed by atoms with E-state index in [2.05, 4.69) is 13.8 Å². The largest absolute Gasteiger partial charge is 0.481 e. The van der Waals surface area contributed by atoms with Gasteiger partial charge in [-0.15, -0.1) is 0 Å². The maximum absolute atomic E-state index is 11.1. The molecule has 0 aromatic rings. The average Bonchev–Trinajstić information content (AvgIpc) is 3.05. The molecule has 4 nitrogen and oxygen atoms in total. The summed E-state index contributed by atoms with van der Waals surface area (Å²) in [5, 5.41) is 30.3. The van der Waals surface area contributed by atoms with Crippen molar-refractivity contribution in [2.75, 3.05) is 0 Å². The predicted molar refractivity (Wildman–Crippen MR) is 104 cm³/mol. The van der Waals surface area contributed by atoms with Crippen molar-refractivity contribution < 1.29 is 20.1 Å². The van der Waals surface area contributed by atoms with Crippen LogP contribution in [0.2, 0.25) is 0 Å². The molecule has 0 radical (unpaired) electrons. The highest BCUT2D eigenvalue weighted by Crippen LogP contribution is 2.64. The van der Waals surface area contributed by atoms with E-state index in [0.717, 1.165) is 32.1 Å². The Labute approximate surface area is 163 Å². The van der Waals surface area contributed by atoms with Crippen molar-refractivity contribution in [2.24, 2.45) is 46.8 Å². The molecule has 4 saturated carbocycles. The fraction of sp³-hybridized carbons (Fsp3) is 0.957. The van der Waals surface area contributed by atoms with Gasteiger partial charge in [0.25, 0.3) is 0 Å². The van der Waals surface area contributed by atoms with Crippen LogP contribution in [0.4, 0.5) is 0 Å². The van der Waals surface area contributed by atoms with Crippen LogP contribution < -0.4 is 0 Å². The molecule has 0 aromatic heterocycles. The van der Waals surface area contributed by atoms with Gasteiger partial charge in [0.2, 0.25) is 0 Å². The molecular formula is C23H38O4. The van der Waals surface area contributed by atoms with Crippen LogP contribution in [0.5, 0.6) is 0 Å². The number of hydrogen-bond donors (Lipinski definition) is 3. The summed E-state index contributed by atoms with van der Waals surface area (Å²) >= 11 is 0. The molecule has 10 atom stereocenters. The smallest absolute Gasteiger partial charge is 0.303 e. The van der Waals surface area contributed by atoms with Gasteiger partial charge in [-0.05, 0) is 105 Å². The van der Waals surface area contributed by atoms with E-state index in [4.69, 9.17) is 5.11 Å². The zero-order valence-corrected chi connectivity index (χ0v) is 17.0. The van der Waals surface area contributed by atoms with E-state index in [9.17, 15) is 15.0 Å². The number of aliphatic hydroxyl groups is 2. The molecule has 4 aliphatic carbocycles. The second-order valence-corrected chi connectivity index (χ2v) is 10.7. The third kappa shape index (κ3) is 3.35. The molecule has 4 heteroatoms. The first-order chi connectivity index (χ1) is 12.8. The minimum absolute atomic E-state index is 0.172. The van der Waals surface area contributed by atoms with E-state index in [1.807, 2.05) is 0 Å².